The van der Waals surface area contributed by atoms with Gasteiger partial charge in [0, 0.05) is 11.2 Å². The molecular weight excluding hydrogens is 226 g/mol. The number of anilines is 1. The molecule has 0 radical (unpaired) electrons. The second-order valence-corrected chi connectivity index (χ2v) is 4.03. The largest absolute Gasteiger partial charge is 0.404 e. The third-order valence-electron chi connectivity index (χ3n) is 2.50. The number of carbonyl (C=O) groups is 1. The van der Waals surface area contributed by atoms with Crippen molar-refractivity contribution in [2.24, 2.45) is 5.73 Å². The maximum Gasteiger partial charge on any atom is 0.271 e. The van der Waals surface area contributed by atoms with Gasteiger partial charge in [0.1, 0.15) is 0 Å². The average molecular weight is 238 g/mol. The molecule has 1 aromatic carbocycles. The minimum Gasteiger partial charge on any atom is -0.404 e. The van der Waals surface area contributed by atoms with Crippen LogP contribution in [0.2, 0.25) is 5.02 Å². The normalized spacial score (nSPS) is 23.1. The van der Waals surface area contributed by atoms with Crippen LogP contribution in [-0.2, 0) is 4.79 Å². The van der Waals surface area contributed by atoms with E-state index in [4.69, 9.17) is 17.3 Å². The maximum atomic E-state index is 11.9. The third kappa shape index (κ3) is 1.77. The maximum absolute atomic E-state index is 11.9. The molecule has 16 heavy (non-hydrogen) atoms. The van der Waals surface area contributed by atoms with Crippen molar-refractivity contribution in [3.05, 3.63) is 41.1 Å². The van der Waals surface area contributed by atoms with Crippen LogP contribution >= 0.6 is 11.6 Å². The lowest BCUT2D eigenvalue weighted by Gasteiger charge is -2.16. The smallest absolute Gasteiger partial charge is 0.271 e. The molecule has 0 aromatic heterocycles. The number of rotatable bonds is 1. The summed E-state index contributed by atoms with van der Waals surface area (Å²) in [5.74, 6) is -0.127. The van der Waals surface area contributed by atoms with E-state index in [0.717, 1.165) is 5.69 Å². The third-order valence-corrected chi connectivity index (χ3v) is 2.76. The van der Waals surface area contributed by atoms with Crippen LogP contribution in [0, 0.1) is 0 Å². The Labute approximate surface area is 98.6 Å². The molecule has 2 rings (SSSR count). The Morgan fingerprint density at radius 3 is 2.56 bits per heavy atom. The van der Waals surface area contributed by atoms with Gasteiger partial charge in [0.05, 0.1) is 17.3 Å². The molecule has 1 aliphatic rings. The molecule has 1 aromatic rings. The highest BCUT2D eigenvalue weighted by atomic mass is 35.5. The standard InChI is InChI=1S/C11H12ClN3O/c1-7-10(6-13)11(16)15(14-7)9-4-2-8(12)3-5-9/h2-7,14H,13H2,1H3. The van der Waals surface area contributed by atoms with Crippen LogP contribution in [0.3, 0.4) is 0 Å². The van der Waals surface area contributed by atoms with E-state index in [1.807, 2.05) is 6.92 Å². The van der Waals surface area contributed by atoms with Crippen molar-refractivity contribution in [3.63, 3.8) is 0 Å². The Kier molecular flexibility index (Phi) is 2.85. The summed E-state index contributed by atoms with van der Waals surface area (Å²) >= 11 is 5.78. The summed E-state index contributed by atoms with van der Waals surface area (Å²) in [6, 6.07) is 6.95. The Bertz CT molecular complexity index is 441. The van der Waals surface area contributed by atoms with Gasteiger partial charge in [-0.1, -0.05) is 11.6 Å². The van der Waals surface area contributed by atoms with Crippen molar-refractivity contribution >= 4 is 23.2 Å². The SMILES string of the molecule is CC1NN(c2ccc(Cl)cc2)C(=O)C1=CN. The highest BCUT2D eigenvalue weighted by Crippen LogP contribution is 2.23. The number of nitrogens with two attached hydrogens (primary N) is 1. The zero-order valence-electron chi connectivity index (χ0n) is 8.77. The molecule has 1 heterocycles. The number of halogens is 1. The van der Waals surface area contributed by atoms with E-state index in [1.165, 1.54) is 11.2 Å². The molecule has 0 aliphatic carbocycles. The van der Waals surface area contributed by atoms with Crippen molar-refractivity contribution in [1.82, 2.24) is 5.43 Å². The molecular formula is C11H12ClN3O. The number of nitrogens with zero attached hydrogens (tertiary/aromatic N) is 1. The van der Waals surface area contributed by atoms with Crippen LogP contribution in [0.4, 0.5) is 5.69 Å². The number of amides is 1. The fourth-order valence-corrected chi connectivity index (χ4v) is 1.76. The second kappa shape index (κ2) is 4.15. The van der Waals surface area contributed by atoms with Gasteiger partial charge in [0.25, 0.3) is 5.91 Å². The molecule has 1 unspecified atom stereocenters. The van der Waals surface area contributed by atoms with Crippen LogP contribution < -0.4 is 16.2 Å². The lowest BCUT2D eigenvalue weighted by Crippen LogP contribution is -2.36. The summed E-state index contributed by atoms with van der Waals surface area (Å²) in [6.07, 6.45) is 1.34. The Hall–Kier alpha value is -1.52. The Morgan fingerprint density at radius 2 is 2.06 bits per heavy atom. The number of hydrogen-bond acceptors (Lipinski definition) is 3. The second-order valence-electron chi connectivity index (χ2n) is 3.59. The first-order valence-corrected chi connectivity index (χ1v) is 5.29. The van der Waals surface area contributed by atoms with E-state index < -0.39 is 0 Å². The molecule has 1 fully saturated rings. The zero-order chi connectivity index (χ0) is 11.7. The molecule has 4 nitrogen and oxygen atoms in total. The molecule has 0 saturated carbocycles. The first kappa shape index (κ1) is 11.0. The molecule has 1 atom stereocenters. The van der Waals surface area contributed by atoms with Crippen LogP contribution in [0.5, 0.6) is 0 Å². The topological polar surface area (TPSA) is 58.4 Å². The van der Waals surface area contributed by atoms with Gasteiger partial charge in [-0.2, -0.15) is 0 Å². The summed E-state index contributed by atoms with van der Waals surface area (Å²) in [7, 11) is 0. The fourth-order valence-electron chi connectivity index (χ4n) is 1.63. The van der Waals surface area contributed by atoms with Gasteiger partial charge in [0.2, 0.25) is 0 Å². The van der Waals surface area contributed by atoms with Gasteiger partial charge in [-0.25, -0.2) is 10.4 Å². The van der Waals surface area contributed by atoms with Crippen LogP contribution in [0.1, 0.15) is 6.92 Å². The first-order valence-electron chi connectivity index (χ1n) is 4.91. The van der Waals surface area contributed by atoms with Gasteiger partial charge < -0.3 is 5.73 Å². The van der Waals surface area contributed by atoms with Gasteiger partial charge in [0.15, 0.2) is 0 Å². The van der Waals surface area contributed by atoms with E-state index >= 15 is 0 Å². The number of nitrogens with one attached hydrogen (secondary N) is 1. The average Bonchev–Trinajstić information content (AvgIpc) is 2.55. The molecule has 5 heteroatoms. The zero-order valence-corrected chi connectivity index (χ0v) is 9.53. The van der Waals surface area contributed by atoms with Crippen molar-refractivity contribution in [3.8, 4) is 0 Å². The van der Waals surface area contributed by atoms with Crippen molar-refractivity contribution in [2.45, 2.75) is 13.0 Å². The molecule has 1 saturated heterocycles. The van der Waals surface area contributed by atoms with Crippen molar-refractivity contribution in [1.29, 1.82) is 0 Å². The van der Waals surface area contributed by atoms with Gasteiger partial charge in [-0.05, 0) is 31.2 Å². The first-order chi connectivity index (χ1) is 7.63. The van der Waals surface area contributed by atoms with E-state index in [-0.39, 0.29) is 11.9 Å². The summed E-state index contributed by atoms with van der Waals surface area (Å²) in [6.45, 7) is 1.88. The van der Waals surface area contributed by atoms with Gasteiger partial charge in [-0.3, -0.25) is 4.79 Å². The Morgan fingerprint density at radius 1 is 1.44 bits per heavy atom. The van der Waals surface area contributed by atoms with Crippen molar-refractivity contribution < 1.29 is 4.79 Å². The highest BCUT2D eigenvalue weighted by Gasteiger charge is 2.32. The van der Waals surface area contributed by atoms with E-state index in [2.05, 4.69) is 5.43 Å². The summed E-state index contributed by atoms with van der Waals surface area (Å²) in [5.41, 5.74) is 9.75. The molecule has 1 aliphatic heterocycles. The molecule has 0 bridgehead atoms. The van der Waals surface area contributed by atoms with Gasteiger partial charge >= 0.3 is 0 Å². The summed E-state index contributed by atoms with van der Waals surface area (Å²) < 4.78 is 0. The van der Waals surface area contributed by atoms with E-state index in [0.29, 0.717) is 10.6 Å². The van der Waals surface area contributed by atoms with Crippen molar-refractivity contribution in [2.75, 3.05) is 5.01 Å². The number of carbonyl (C=O) groups excluding carboxylic acids is 1. The number of hydrogen-bond donors (Lipinski definition) is 2. The van der Waals surface area contributed by atoms with Crippen LogP contribution in [-0.4, -0.2) is 11.9 Å². The molecule has 84 valence electrons. The monoisotopic (exact) mass is 237 g/mol. The van der Waals surface area contributed by atoms with E-state index in [1.54, 1.807) is 24.3 Å². The molecule has 1 amide bonds. The lowest BCUT2D eigenvalue weighted by molar-refractivity contribution is -0.114. The molecule has 3 N–H and O–H groups in total. The highest BCUT2D eigenvalue weighted by molar-refractivity contribution is 6.30. The lowest BCUT2D eigenvalue weighted by atomic mass is 10.1. The summed E-state index contributed by atoms with van der Waals surface area (Å²) in [4.78, 5) is 11.9. The number of benzene rings is 1. The van der Waals surface area contributed by atoms with Gasteiger partial charge in [-0.15, -0.1) is 0 Å². The fraction of sp³-hybridized carbons (Fsp3) is 0.182. The predicted molar refractivity (Wildman–Crippen MR) is 63.8 cm³/mol. The van der Waals surface area contributed by atoms with Crippen LogP contribution in [0.15, 0.2) is 36.0 Å². The predicted octanol–water partition coefficient (Wildman–Crippen LogP) is 1.42. The quantitative estimate of drug-likeness (QED) is 0.727. The van der Waals surface area contributed by atoms with Crippen LogP contribution in [0.25, 0.3) is 0 Å². The Balaban J connectivity index is 2.31. The number of hydrazine groups is 1. The summed E-state index contributed by atoms with van der Waals surface area (Å²) in [5, 5.41) is 2.11. The minimum atomic E-state index is -0.127. The molecule has 0 spiro atoms. The minimum absolute atomic E-state index is 0.0758. The van der Waals surface area contributed by atoms with E-state index in [9.17, 15) is 4.79 Å².